The van der Waals surface area contributed by atoms with Gasteiger partial charge in [0.15, 0.2) is 0 Å². The van der Waals surface area contributed by atoms with Crippen LogP contribution in [0, 0.1) is 0 Å². The molecule has 0 aliphatic carbocycles. The van der Waals surface area contributed by atoms with Gasteiger partial charge in [-0.05, 0) is 22.3 Å². The van der Waals surface area contributed by atoms with Gasteiger partial charge in [-0.25, -0.2) is 0 Å². The van der Waals surface area contributed by atoms with Crippen molar-refractivity contribution in [1.82, 2.24) is 0 Å². The highest BCUT2D eigenvalue weighted by molar-refractivity contribution is 7.11. The fourth-order valence-electron chi connectivity index (χ4n) is 4.77. The van der Waals surface area contributed by atoms with Crippen molar-refractivity contribution in [2.75, 3.05) is 0 Å². The van der Waals surface area contributed by atoms with E-state index in [4.69, 9.17) is 18.6 Å². The molecule has 2 fully saturated rings. The minimum absolute atomic E-state index is 0.258. The molecule has 4 atom stereocenters. The maximum absolute atomic E-state index is 6.49. The Balaban J connectivity index is 1.31. The Hall–Kier alpha value is -3.15. The molecule has 2 saturated heterocycles. The molecule has 2 aliphatic rings. The molecule has 0 N–H and O–H groups in total. The van der Waals surface area contributed by atoms with Crippen LogP contribution in [0.25, 0.3) is 0 Å². The van der Waals surface area contributed by atoms with Crippen LogP contribution in [-0.2, 0) is 18.6 Å². The molecule has 4 aromatic carbocycles. The normalized spacial score (nSPS) is 24.5. The van der Waals surface area contributed by atoms with Crippen LogP contribution in [0.3, 0.4) is 0 Å². The molecule has 6 heteroatoms. The van der Waals surface area contributed by atoms with Gasteiger partial charge in [0.2, 0.25) is 0 Å². The van der Waals surface area contributed by atoms with Crippen LogP contribution < -0.4 is 0 Å². The smallest absolute Gasteiger partial charge is 0.403 e. The molecule has 0 amide bonds. The highest BCUT2D eigenvalue weighted by Crippen LogP contribution is 2.46. The predicted molar refractivity (Wildman–Crippen MR) is 133 cm³/mol. The lowest BCUT2D eigenvalue weighted by Crippen LogP contribution is -2.39. The summed E-state index contributed by atoms with van der Waals surface area (Å²) in [5.74, 6) is 0. The van der Waals surface area contributed by atoms with E-state index in [-0.39, 0.29) is 24.4 Å². The van der Waals surface area contributed by atoms with E-state index in [0.29, 0.717) is 0 Å². The molecule has 0 saturated carbocycles. The predicted octanol–water partition coefficient (Wildman–Crippen LogP) is 6.10. The van der Waals surface area contributed by atoms with Gasteiger partial charge in [0, 0.05) is 0 Å². The summed E-state index contributed by atoms with van der Waals surface area (Å²) in [4.78, 5) is 0. The Morgan fingerprint density at radius 3 is 0.735 bits per heavy atom. The Morgan fingerprint density at radius 2 is 0.529 bits per heavy atom. The summed E-state index contributed by atoms with van der Waals surface area (Å²) in [5.41, 5.74) is 4.26. The van der Waals surface area contributed by atoms with Gasteiger partial charge in [-0.2, -0.15) is 0 Å². The Morgan fingerprint density at radius 1 is 0.324 bits per heavy atom. The van der Waals surface area contributed by atoms with E-state index in [1.54, 1.807) is 0 Å². The molecular weight excluding hydrogens is 422 g/mol. The third-order valence-corrected chi connectivity index (χ3v) is 6.41. The molecule has 166 valence electrons. The molecule has 4 aromatic rings. The van der Waals surface area contributed by atoms with Crippen molar-refractivity contribution in [3.8, 4) is 0 Å². The third kappa shape index (κ3) is 4.22. The standard InChI is InChI=1S/C28H24B2O4/c1-5-13-21(14-6-1)25-26(22-15-7-2-8-16-22)32-29(31-25)30-33-27(23-17-9-3-10-18-23)28(34-30)24-19-11-4-12-20-24/h1-20,25-28H. The van der Waals surface area contributed by atoms with Gasteiger partial charge in [0.05, 0.1) is 24.4 Å². The highest BCUT2D eigenvalue weighted by atomic mass is 16.7. The zero-order chi connectivity index (χ0) is 22.7. The summed E-state index contributed by atoms with van der Waals surface area (Å²) in [5, 5.41) is 0. The summed E-state index contributed by atoms with van der Waals surface area (Å²) >= 11 is 0. The van der Waals surface area contributed by atoms with Gasteiger partial charge in [-0.1, -0.05) is 121 Å². The molecule has 2 aliphatic heterocycles. The summed E-state index contributed by atoms with van der Waals surface area (Å²) in [6, 6.07) is 40.8. The molecule has 6 rings (SSSR count). The Labute approximate surface area is 200 Å². The van der Waals surface area contributed by atoms with Gasteiger partial charge < -0.3 is 18.6 Å². The largest absolute Gasteiger partial charge is 0.489 e. The molecule has 4 nitrogen and oxygen atoms in total. The first-order valence-corrected chi connectivity index (χ1v) is 11.7. The van der Waals surface area contributed by atoms with Gasteiger partial charge in [0.1, 0.15) is 0 Å². The van der Waals surface area contributed by atoms with Crippen molar-refractivity contribution >= 4 is 14.0 Å². The fourth-order valence-corrected chi connectivity index (χ4v) is 4.77. The van der Waals surface area contributed by atoms with Crippen LogP contribution in [0.15, 0.2) is 121 Å². The second kappa shape index (κ2) is 9.61. The molecule has 34 heavy (non-hydrogen) atoms. The van der Waals surface area contributed by atoms with Crippen LogP contribution in [0.5, 0.6) is 0 Å². The minimum atomic E-state index is -0.657. The molecule has 2 heterocycles. The van der Waals surface area contributed by atoms with Crippen LogP contribution in [0.4, 0.5) is 0 Å². The first kappa shape index (κ1) is 21.4. The summed E-state index contributed by atoms with van der Waals surface area (Å²) in [6.45, 7) is 0. The number of hydrogen-bond acceptors (Lipinski definition) is 4. The van der Waals surface area contributed by atoms with E-state index in [9.17, 15) is 0 Å². The molecule has 0 aromatic heterocycles. The van der Waals surface area contributed by atoms with E-state index in [0.717, 1.165) is 22.3 Å². The molecule has 0 bridgehead atoms. The number of hydrogen-bond donors (Lipinski definition) is 0. The zero-order valence-corrected chi connectivity index (χ0v) is 18.6. The third-order valence-electron chi connectivity index (χ3n) is 6.41. The zero-order valence-electron chi connectivity index (χ0n) is 18.6. The van der Waals surface area contributed by atoms with E-state index in [2.05, 4.69) is 48.5 Å². The van der Waals surface area contributed by atoms with Gasteiger partial charge in [0.25, 0.3) is 0 Å². The molecular formula is C28H24B2O4. The maximum Gasteiger partial charge on any atom is 0.489 e. The number of rotatable bonds is 5. The lowest BCUT2D eigenvalue weighted by Gasteiger charge is -2.19. The van der Waals surface area contributed by atoms with E-state index >= 15 is 0 Å². The van der Waals surface area contributed by atoms with Crippen molar-refractivity contribution in [2.45, 2.75) is 24.4 Å². The topological polar surface area (TPSA) is 36.9 Å². The average Bonchev–Trinajstić information content (AvgIpc) is 3.56. The highest BCUT2D eigenvalue weighted by Gasteiger charge is 2.56. The van der Waals surface area contributed by atoms with E-state index in [1.807, 2.05) is 72.8 Å². The van der Waals surface area contributed by atoms with E-state index in [1.165, 1.54) is 0 Å². The Kier molecular flexibility index (Phi) is 6.04. The first-order chi connectivity index (χ1) is 16.9. The Bertz CT molecular complexity index is 1000. The van der Waals surface area contributed by atoms with Crippen LogP contribution >= 0.6 is 0 Å². The van der Waals surface area contributed by atoms with Crippen LogP contribution in [0.1, 0.15) is 46.7 Å². The monoisotopic (exact) mass is 446 g/mol. The van der Waals surface area contributed by atoms with Crippen molar-refractivity contribution in [3.63, 3.8) is 0 Å². The van der Waals surface area contributed by atoms with Gasteiger partial charge in [-0.15, -0.1) is 0 Å². The second-order valence-electron chi connectivity index (χ2n) is 8.61. The van der Waals surface area contributed by atoms with Gasteiger partial charge in [-0.3, -0.25) is 0 Å². The summed E-state index contributed by atoms with van der Waals surface area (Å²) in [6.07, 6.45) is -1.03. The fraction of sp³-hybridized carbons (Fsp3) is 0.143. The van der Waals surface area contributed by atoms with Gasteiger partial charge >= 0.3 is 14.0 Å². The first-order valence-electron chi connectivity index (χ1n) is 11.7. The lowest BCUT2D eigenvalue weighted by atomic mass is 9.49. The lowest BCUT2D eigenvalue weighted by molar-refractivity contribution is 0.159. The molecule has 0 spiro atoms. The summed E-state index contributed by atoms with van der Waals surface area (Å²) in [7, 11) is -1.31. The van der Waals surface area contributed by atoms with Crippen molar-refractivity contribution < 1.29 is 18.6 Å². The van der Waals surface area contributed by atoms with Crippen LogP contribution in [0.2, 0.25) is 0 Å². The maximum atomic E-state index is 6.49. The van der Waals surface area contributed by atoms with Crippen molar-refractivity contribution in [1.29, 1.82) is 0 Å². The minimum Gasteiger partial charge on any atom is -0.403 e. The number of benzene rings is 4. The van der Waals surface area contributed by atoms with Crippen molar-refractivity contribution in [2.24, 2.45) is 0 Å². The van der Waals surface area contributed by atoms with Crippen LogP contribution in [-0.4, -0.2) is 14.0 Å². The molecule has 4 unspecified atom stereocenters. The summed E-state index contributed by atoms with van der Waals surface area (Å²) < 4.78 is 26.0. The van der Waals surface area contributed by atoms with E-state index < -0.39 is 14.0 Å². The average molecular weight is 446 g/mol. The van der Waals surface area contributed by atoms with Crippen molar-refractivity contribution in [3.05, 3.63) is 144 Å². The molecule has 0 radical (unpaired) electrons. The quantitative estimate of drug-likeness (QED) is 0.348. The second-order valence-corrected chi connectivity index (χ2v) is 8.61. The SMILES string of the molecule is c1ccc(C2OB(B3OC(c4ccccc4)C(c4ccccc4)O3)OC2c2ccccc2)cc1.